The summed E-state index contributed by atoms with van der Waals surface area (Å²) in [6.07, 6.45) is 9.80. The Kier molecular flexibility index (Phi) is 5.10. The highest BCUT2D eigenvalue weighted by Gasteiger charge is 2.62. The fraction of sp³-hybridized carbons (Fsp3) is 0.552. The van der Waals surface area contributed by atoms with Crippen LogP contribution in [0.1, 0.15) is 57.2 Å². The highest BCUT2D eigenvalue weighted by molar-refractivity contribution is 7.99. The number of ketones is 1. The van der Waals surface area contributed by atoms with Crippen molar-refractivity contribution in [1.29, 1.82) is 0 Å². The number of allylic oxidation sites excluding steroid dienone is 1. The number of aromatic amines is 2. The average Bonchev–Trinajstić information content (AvgIpc) is 3.56. The van der Waals surface area contributed by atoms with E-state index in [1.54, 1.807) is 0 Å². The van der Waals surface area contributed by atoms with Gasteiger partial charge >= 0.3 is 0 Å². The van der Waals surface area contributed by atoms with E-state index in [1.807, 2.05) is 30.5 Å². The molecule has 4 aliphatic carbocycles. The van der Waals surface area contributed by atoms with Gasteiger partial charge in [-0.25, -0.2) is 4.98 Å². The molecule has 0 aliphatic heterocycles. The molecule has 0 spiro atoms. The number of aliphatic hydroxyl groups is 1. The number of H-pyrrole nitrogens is 2. The van der Waals surface area contributed by atoms with Crippen molar-refractivity contribution in [3.05, 3.63) is 47.3 Å². The fourth-order valence-corrected chi connectivity index (χ4v) is 9.69. The molecule has 0 saturated heterocycles. The molecular formula is C29H34N4O2S. The van der Waals surface area contributed by atoms with Crippen molar-refractivity contribution in [2.75, 3.05) is 5.75 Å². The Bertz CT molecular complexity index is 1340. The smallest absolute Gasteiger partial charge is 0.166 e. The number of nitrogens with one attached hydrogen (secondary N) is 2. The first-order chi connectivity index (χ1) is 17.4. The molecule has 6 nitrogen and oxygen atoms in total. The summed E-state index contributed by atoms with van der Waals surface area (Å²) in [6, 6.07) is 7.98. The van der Waals surface area contributed by atoms with Crippen LogP contribution < -0.4 is 0 Å². The maximum Gasteiger partial charge on any atom is 0.166 e. The minimum Gasteiger partial charge on any atom is -0.393 e. The SMILES string of the molecule is CC12Cc3cn[nH]c3C=C1CCC1C2C(O)CC2(C)C(C(=O)CSc3nc4ccccc4[nH]3)CCC12. The molecular weight excluding hydrogens is 468 g/mol. The number of nitrogens with zero attached hydrogens (tertiary/aromatic N) is 2. The zero-order valence-corrected chi connectivity index (χ0v) is 21.8. The number of rotatable bonds is 4. The van der Waals surface area contributed by atoms with Gasteiger partial charge in [0.05, 0.1) is 34.8 Å². The molecule has 0 amide bonds. The number of Topliss-reactive ketones (excluding diaryl/α,β-unsaturated/α-hetero) is 1. The minimum atomic E-state index is -0.380. The molecule has 3 fully saturated rings. The van der Waals surface area contributed by atoms with E-state index in [-0.39, 0.29) is 28.8 Å². The second kappa shape index (κ2) is 8.06. The van der Waals surface area contributed by atoms with Gasteiger partial charge in [-0.2, -0.15) is 5.10 Å². The van der Waals surface area contributed by atoms with Crippen LogP contribution in [0, 0.1) is 34.5 Å². The number of imidazole rings is 1. The van der Waals surface area contributed by atoms with Gasteiger partial charge in [0.25, 0.3) is 0 Å². The van der Waals surface area contributed by atoms with Gasteiger partial charge in [-0.3, -0.25) is 9.89 Å². The van der Waals surface area contributed by atoms with Crippen LogP contribution in [-0.4, -0.2) is 42.9 Å². The maximum absolute atomic E-state index is 13.6. The second-order valence-electron chi connectivity index (χ2n) is 12.1. The summed E-state index contributed by atoms with van der Waals surface area (Å²) < 4.78 is 0. The number of carbonyl (C=O) groups is 1. The monoisotopic (exact) mass is 502 g/mol. The number of aliphatic hydroxyl groups excluding tert-OH is 1. The molecule has 3 N–H and O–H groups in total. The molecule has 1 aromatic carbocycles. The summed E-state index contributed by atoms with van der Waals surface area (Å²) in [4.78, 5) is 21.6. The van der Waals surface area contributed by atoms with E-state index in [0.29, 0.717) is 23.4 Å². The fourth-order valence-electron chi connectivity index (χ4n) is 8.87. The molecule has 2 aromatic heterocycles. The number of hydrogen-bond acceptors (Lipinski definition) is 5. The first kappa shape index (κ1) is 22.8. The predicted octanol–water partition coefficient (Wildman–Crippen LogP) is 5.42. The van der Waals surface area contributed by atoms with Crippen LogP contribution >= 0.6 is 11.8 Å². The van der Waals surface area contributed by atoms with Crippen molar-refractivity contribution < 1.29 is 9.90 Å². The van der Waals surface area contributed by atoms with E-state index in [1.165, 1.54) is 22.9 Å². The van der Waals surface area contributed by atoms with E-state index >= 15 is 0 Å². The Labute approximate surface area is 215 Å². The number of aromatic nitrogens is 4. The number of para-hydroxylation sites is 2. The molecule has 0 bridgehead atoms. The van der Waals surface area contributed by atoms with Gasteiger partial charge in [0.1, 0.15) is 5.78 Å². The molecule has 3 aromatic rings. The molecule has 7 atom stereocenters. The van der Waals surface area contributed by atoms with Crippen molar-refractivity contribution >= 4 is 34.7 Å². The van der Waals surface area contributed by atoms with Crippen molar-refractivity contribution in [3.63, 3.8) is 0 Å². The second-order valence-corrected chi connectivity index (χ2v) is 13.1. The molecule has 4 aliphatic rings. The van der Waals surface area contributed by atoms with Crippen LogP contribution in [0.15, 0.2) is 41.2 Å². The van der Waals surface area contributed by atoms with E-state index < -0.39 is 0 Å². The quantitative estimate of drug-likeness (QED) is 0.414. The van der Waals surface area contributed by atoms with Crippen LogP contribution in [0.25, 0.3) is 17.1 Å². The molecule has 0 radical (unpaired) electrons. The van der Waals surface area contributed by atoms with Crippen LogP contribution in [0.2, 0.25) is 0 Å². The van der Waals surface area contributed by atoms with Crippen LogP contribution in [0.5, 0.6) is 0 Å². The largest absolute Gasteiger partial charge is 0.393 e. The number of fused-ring (bicyclic) bond motifs is 7. The third-order valence-corrected chi connectivity index (χ3v) is 11.3. The summed E-state index contributed by atoms with van der Waals surface area (Å²) in [7, 11) is 0. The number of hydrogen-bond donors (Lipinski definition) is 3. The Morgan fingerprint density at radius 1 is 1.22 bits per heavy atom. The Morgan fingerprint density at radius 2 is 2.08 bits per heavy atom. The van der Waals surface area contributed by atoms with Crippen LogP contribution in [0.4, 0.5) is 0 Å². The third kappa shape index (κ3) is 3.24. The molecule has 7 heteroatoms. The number of thioether (sulfide) groups is 1. The summed E-state index contributed by atoms with van der Waals surface area (Å²) in [6.45, 7) is 4.68. The molecule has 36 heavy (non-hydrogen) atoms. The molecule has 3 saturated carbocycles. The van der Waals surface area contributed by atoms with Gasteiger partial charge < -0.3 is 10.1 Å². The first-order valence-electron chi connectivity index (χ1n) is 13.4. The van der Waals surface area contributed by atoms with Crippen molar-refractivity contribution in [3.8, 4) is 0 Å². The lowest BCUT2D eigenvalue weighted by molar-refractivity contribution is -0.140. The van der Waals surface area contributed by atoms with E-state index in [9.17, 15) is 9.90 Å². The molecule has 7 unspecified atom stereocenters. The van der Waals surface area contributed by atoms with Gasteiger partial charge in [-0.05, 0) is 90.9 Å². The predicted molar refractivity (Wildman–Crippen MR) is 141 cm³/mol. The molecule has 2 heterocycles. The third-order valence-electron chi connectivity index (χ3n) is 10.4. The lowest BCUT2D eigenvalue weighted by atomic mass is 9.46. The highest BCUT2D eigenvalue weighted by atomic mass is 32.2. The lowest BCUT2D eigenvalue weighted by Crippen LogP contribution is -2.57. The van der Waals surface area contributed by atoms with Crippen molar-refractivity contribution in [1.82, 2.24) is 20.2 Å². The molecule has 188 valence electrons. The summed E-state index contributed by atoms with van der Waals surface area (Å²) in [5.74, 6) is 1.99. The van der Waals surface area contributed by atoms with Crippen molar-refractivity contribution in [2.24, 2.45) is 34.5 Å². The minimum absolute atomic E-state index is 0.0200. The van der Waals surface area contributed by atoms with Gasteiger partial charge in [0.2, 0.25) is 0 Å². The highest BCUT2D eigenvalue weighted by Crippen LogP contribution is 2.66. The standard InChI is InChI=1S/C29H34N4O2S/c1-28-12-16-14-30-33-23(16)11-17(28)7-8-18-19-9-10-20(29(19,2)13-24(34)26(18)28)25(35)15-36-27-31-21-5-3-4-6-22(21)32-27/h3-6,11,14,18-20,24,26,34H,7-10,12-13,15H2,1-2H3,(H,30,33)(H,31,32). The van der Waals surface area contributed by atoms with Gasteiger partial charge in [-0.1, -0.05) is 43.3 Å². The zero-order valence-electron chi connectivity index (χ0n) is 21.0. The topological polar surface area (TPSA) is 94.7 Å². The van der Waals surface area contributed by atoms with Gasteiger partial charge in [-0.15, -0.1) is 0 Å². The Morgan fingerprint density at radius 3 is 2.94 bits per heavy atom. The summed E-state index contributed by atoms with van der Waals surface area (Å²) >= 11 is 1.52. The van der Waals surface area contributed by atoms with Gasteiger partial charge in [0.15, 0.2) is 5.16 Å². The summed E-state index contributed by atoms with van der Waals surface area (Å²) in [5, 5.41) is 20.0. The summed E-state index contributed by atoms with van der Waals surface area (Å²) in [5.41, 5.74) is 5.67. The van der Waals surface area contributed by atoms with E-state index in [4.69, 9.17) is 0 Å². The zero-order chi connectivity index (χ0) is 24.7. The average molecular weight is 503 g/mol. The lowest BCUT2D eigenvalue weighted by Gasteiger charge is -2.59. The van der Waals surface area contributed by atoms with E-state index in [2.05, 4.69) is 40.1 Å². The normalized spacial score (nSPS) is 37.1. The number of benzene rings is 1. The number of carbonyl (C=O) groups excluding carboxylic acids is 1. The first-order valence-corrected chi connectivity index (χ1v) is 14.4. The molecule has 7 rings (SSSR count). The van der Waals surface area contributed by atoms with Crippen LogP contribution in [0.3, 0.4) is 0 Å². The maximum atomic E-state index is 13.6. The van der Waals surface area contributed by atoms with Crippen molar-refractivity contribution in [2.45, 2.75) is 63.6 Å². The Hall–Kier alpha value is -2.38. The Balaban J connectivity index is 1.11. The van der Waals surface area contributed by atoms with Gasteiger partial charge in [0, 0.05) is 5.92 Å². The van der Waals surface area contributed by atoms with E-state index in [0.717, 1.165) is 60.4 Å². The van der Waals surface area contributed by atoms with Crippen LogP contribution in [-0.2, 0) is 11.2 Å².